The fourth-order valence-electron chi connectivity index (χ4n) is 2.68. The van der Waals surface area contributed by atoms with Crippen molar-refractivity contribution in [3.05, 3.63) is 29.8 Å². The Labute approximate surface area is 123 Å². The molecule has 1 aliphatic heterocycles. The van der Waals surface area contributed by atoms with E-state index >= 15 is 0 Å². The number of hydrogen-bond donors (Lipinski definition) is 1. The molecule has 1 fully saturated rings. The summed E-state index contributed by atoms with van der Waals surface area (Å²) in [6, 6.07) is 5.98. The number of anilines is 1. The average molecular weight is 302 g/mol. The quantitative estimate of drug-likeness (QED) is 0.874. The number of nitrogens with zero attached hydrogens (tertiary/aromatic N) is 1. The molecule has 0 spiro atoms. The smallest absolute Gasteiger partial charge is 0.383 e. The first-order chi connectivity index (χ1) is 10.0. The second kappa shape index (κ2) is 7.13. The highest BCUT2D eigenvalue weighted by Gasteiger charge is 2.35. The molecule has 1 unspecified atom stereocenters. The molecule has 1 N–H and O–H groups in total. The van der Waals surface area contributed by atoms with E-state index in [0.29, 0.717) is 19.7 Å². The van der Waals surface area contributed by atoms with E-state index in [4.69, 9.17) is 4.74 Å². The summed E-state index contributed by atoms with van der Waals surface area (Å²) in [6.07, 6.45) is -2.27. The van der Waals surface area contributed by atoms with Gasteiger partial charge in [0.2, 0.25) is 0 Å². The molecule has 1 saturated heterocycles. The predicted molar refractivity (Wildman–Crippen MR) is 76.6 cm³/mol. The standard InChI is InChI=1S/C15H21F3N2O/c1-21-10-9-20(11-12-5-4-8-19-12)14-7-3-2-6-13(14)15(16,17)18/h2-3,6-7,12,19H,4-5,8-11H2,1H3. The highest BCUT2D eigenvalue weighted by atomic mass is 19.4. The zero-order valence-electron chi connectivity index (χ0n) is 12.1. The molecule has 0 bridgehead atoms. The molecule has 1 aromatic carbocycles. The Balaban J connectivity index is 2.22. The molecule has 118 valence electrons. The third-order valence-electron chi connectivity index (χ3n) is 3.72. The van der Waals surface area contributed by atoms with Gasteiger partial charge < -0.3 is 15.0 Å². The van der Waals surface area contributed by atoms with E-state index in [0.717, 1.165) is 25.5 Å². The van der Waals surface area contributed by atoms with Gasteiger partial charge in [0.15, 0.2) is 0 Å². The van der Waals surface area contributed by atoms with Crippen molar-refractivity contribution in [2.24, 2.45) is 0 Å². The van der Waals surface area contributed by atoms with E-state index in [1.807, 2.05) is 0 Å². The minimum absolute atomic E-state index is 0.232. The maximum Gasteiger partial charge on any atom is 0.418 e. The third-order valence-corrected chi connectivity index (χ3v) is 3.72. The number of ether oxygens (including phenoxy) is 1. The van der Waals surface area contributed by atoms with Crippen molar-refractivity contribution in [1.29, 1.82) is 0 Å². The molecule has 1 aromatic rings. The fraction of sp³-hybridized carbons (Fsp3) is 0.600. The molecule has 1 heterocycles. The average Bonchev–Trinajstić information content (AvgIpc) is 2.95. The Kier molecular flexibility index (Phi) is 5.47. The zero-order valence-corrected chi connectivity index (χ0v) is 12.1. The summed E-state index contributed by atoms with van der Waals surface area (Å²) in [6.45, 7) is 2.35. The van der Waals surface area contributed by atoms with Gasteiger partial charge in [-0.15, -0.1) is 0 Å². The van der Waals surface area contributed by atoms with Gasteiger partial charge in [0.1, 0.15) is 0 Å². The number of nitrogens with one attached hydrogen (secondary N) is 1. The molecule has 0 amide bonds. The minimum Gasteiger partial charge on any atom is -0.383 e. The molecule has 3 nitrogen and oxygen atoms in total. The van der Waals surface area contributed by atoms with Crippen LogP contribution in [0.1, 0.15) is 18.4 Å². The molecule has 1 atom stereocenters. The first-order valence-corrected chi connectivity index (χ1v) is 7.16. The summed E-state index contributed by atoms with van der Waals surface area (Å²) in [5.41, 5.74) is -0.352. The van der Waals surface area contributed by atoms with Crippen molar-refractivity contribution in [3.8, 4) is 0 Å². The van der Waals surface area contributed by atoms with Gasteiger partial charge in [-0.2, -0.15) is 13.2 Å². The Morgan fingerprint density at radius 1 is 1.33 bits per heavy atom. The van der Waals surface area contributed by atoms with Crippen molar-refractivity contribution in [2.75, 3.05) is 38.3 Å². The highest BCUT2D eigenvalue weighted by molar-refractivity contribution is 5.55. The van der Waals surface area contributed by atoms with Crippen molar-refractivity contribution in [3.63, 3.8) is 0 Å². The largest absolute Gasteiger partial charge is 0.418 e. The predicted octanol–water partition coefficient (Wildman–Crippen LogP) is 2.91. The lowest BCUT2D eigenvalue weighted by Crippen LogP contribution is -2.40. The first-order valence-electron chi connectivity index (χ1n) is 7.16. The number of halogens is 3. The zero-order chi connectivity index (χ0) is 15.3. The minimum atomic E-state index is -4.34. The van der Waals surface area contributed by atoms with Crippen LogP contribution in [0.2, 0.25) is 0 Å². The van der Waals surface area contributed by atoms with Crippen LogP contribution >= 0.6 is 0 Å². The van der Waals surface area contributed by atoms with Gasteiger partial charge >= 0.3 is 6.18 Å². The lowest BCUT2D eigenvalue weighted by Gasteiger charge is -2.30. The van der Waals surface area contributed by atoms with Gasteiger partial charge in [0, 0.05) is 31.9 Å². The fourth-order valence-corrected chi connectivity index (χ4v) is 2.68. The Morgan fingerprint density at radius 3 is 2.71 bits per heavy atom. The van der Waals surface area contributed by atoms with Gasteiger partial charge in [-0.1, -0.05) is 12.1 Å². The van der Waals surface area contributed by atoms with Crippen LogP contribution in [0.3, 0.4) is 0 Å². The SMILES string of the molecule is COCCN(CC1CCCN1)c1ccccc1C(F)(F)F. The van der Waals surface area contributed by atoms with Gasteiger partial charge in [-0.05, 0) is 31.5 Å². The Morgan fingerprint density at radius 2 is 2.10 bits per heavy atom. The van der Waals surface area contributed by atoms with Crippen LogP contribution in [0.15, 0.2) is 24.3 Å². The second-order valence-electron chi connectivity index (χ2n) is 5.25. The van der Waals surface area contributed by atoms with Crippen LogP contribution in [0, 0.1) is 0 Å². The van der Waals surface area contributed by atoms with E-state index < -0.39 is 11.7 Å². The first kappa shape index (κ1) is 16.1. The molecule has 1 aliphatic rings. The second-order valence-corrected chi connectivity index (χ2v) is 5.25. The van der Waals surface area contributed by atoms with E-state index in [1.165, 1.54) is 12.1 Å². The molecule has 0 saturated carbocycles. The normalized spacial score (nSPS) is 19.0. The van der Waals surface area contributed by atoms with E-state index in [1.54, 1.807) is 18.1 Å². The van der Waals surface area contributed by atoms with Crippen molar-refractivity contribution in [2.45, 2.75) is 25.1 Å². The van der Waals surface area contributed by atoms with Crippen LogP contribution in [0.5, 0.6) is 0 Å². The molecule has 0 aromatic heterocycles. The molecule has 0 aliphatic carbocycles. The van der Waals surface area contributed by atoms with Crippen LogP contribution < -0.4 is 10.2 Å². The van der Waals surface area contributed by atoms with Crippen molar-refractivity contribution >= 4 is 5.69 Å². The van der Waals surface area contributed by atoms with Gasteiger partial charge in [-0.3, -0.25) is 0 Å². The summed E-state index contributed by atoms with van der Waals surface area (Å²) < 4.78 is 44.6. The van der Waals surface area contributed by atoms with Gasteiger partial charge in [0.05, 0.1) is 12.2 Å². The summed E-state index contributed by atoms with van der Waals surface area (Å²) >= 11 is 0. The summed E-state index contributed by atoms with van der Waals surface area (Å²) in [5.74, 6) is 0. The lowest BCUT2D eigenvalue weighted by molar-refractivity contribution is -0.137. The molecule has 21 heavy (non-hydrogen) atoms. The van der Waals surface area contributed by atoms with E-state index in [-0.39, 0.29) is 11.7 Å². The van der Waals surface area contributed by atoms with Gasteiger partial charge in [-0.25, -0.2) is 0 Å². The maximum absolute atomic E-state index is 13.2. The number of rotatable bonds is 6. The molecular weight excluding hydrogens is 281 g/mol. The van der Waals surface area contributed by atoms with E-state index in [2.05, 4.69) is 5.32 Å². The van der Waals surface area contributed by atoms with Crippen LogP contribution in [0.25, 0.3) is 0 Å². The lowest BCUT2D eigenvalue weighted by atomic mass is 10.1. The molecule has 0 radical (unpaired) electrons. The van der Waals surface area contributed by atoms with Crippen molar-refractivity contribution < 1.29 is 17.9 Å². The molecule has 6 heteroatoms. The van der Waals surface area contributed by atoms with Crippen LogP contribution in [-0.2, 0) is 10.9 Å². The molecule has 2 rings (SSSR count). The summed E-state index contributed by atoms with van der Waals surface area (Å²) in [7, 11) is 1.56. The van der Waals surface area contributed by atoms with E-state index in [9.17, 15) is 13.2 Å². The van der Waals surface area contributed by atoms with Crippen molar-refractivity contribution in [1.82, 2.24) is 5.32 Å². The maximum atomic E-state index is 13.2. The van der Waals surface area contributed by atoms with Crippen LogP contribution in [0.4, 0.5) is 18.9 Å². The van der Waals surface area contributed by atoms with Gasteiger partial charge in [0.25, 0.3) is 0 Å². The number of methoxy groups -OCH3 is 1. The van der Waals surface area contributed by atoms with Crippen LogP contribution in [-0.4, -0.2) is 39.4 Å². The third kappa shape index (κ3) is 4.35. The Hall–Kier alpha value is -1.27. The summed E-state index contributed by atoms with van der Waals surface area (Å²) in [5, 5.41) is 3.33. The topological polar surface area (TPSA) is 24.5 Å². The number of hydrogen-bond acceptors (Lipinski definition) is 3. The Bertz CT molecular complexity index is 445. The number of benzene rings is 1. The number of alkyl halides is 3. The summed E-state index contributed by atoms with van der Waals surface area (Å²) in [4.78, 5) is 1.77. The molecular formula is C15H21F3N2O. The monoisotopic (exact) mass is 302 g/mol. The highest BCUT2D eigenvalue weighted by Crippen LogP contribution is 2.36. The number of para-hydroxylation sites is 1.